The molecule has 0 aliphatic rings. The number of hydrogen-bond acceptors (Lipinski definition) is 7. The lowest BCUT2D eigenvalue weighted by Gasteiger charge is -2.13. The van der Waals surface area contributed by atoms with Gasteiger partial charge in [0.05, 0.1) is 27.0 Å². The Balaban J connectivity index is 1.36. The van der Waals surface area contributed by atoms with Crippen LogP contribution in [-0.2, 0) is 13.2 Å². The van der Waals surface area contributed by atoms with E-state index >= 15 is 0 Å². The first-order valence-electron chi connectivity index (χ1n) is 11.1. The molecule has 5 rings (SSSR count). The number of aromatic nitrogens is 5. The standard InChI is InChI=1S/C26H26N6O3/c1-16-21(13-29-31-16)19-11-22-25(28-12-19)32(26(27)30-22)14-18-6-9-23(24(10-18)34-3)35-15-17-4-7-20(33-2)8-5-17/h4-13H,14-15H2,1-3H3,(H2,27,30)(H,29,31). The lowest BCUT2D eigenvalue weighted by atomic mass is 10.1. The van der Waals surface area contributed by atoms with E-state index in [4.69, 9.17) is 19.9 Å². The molecule has 3 heterocycles. The van der Waals surface area contributed by atoms with Crippen molar-refractivity contribution in [3.63, 3.8) is 0 Å². The van der Waals surface area contributed by atoms with Crippen LogP contribution < -0.4 is 19.9 Å². The van der Waals surface area contributed by atoms with E-state index in [2.05, 4.69) is 20.2 Å². The quantitative estimate of drug-likeness (QED) is 0.346. The molecule has 0 saturated carbocycles. The molecule has 0 amide bonds. The van der Waals surface area contributed by atoms with Crippen molar-refractivity contribution in [3.8, 4) is 28.4 Å². The third kappa shape index (κ3) is 4.48. The molecule has 178 valence electrons. The van der Waals surface area contributed by atoms with Gasteiger partial charge in [-0.3, -0.25) is 9.67 Å². The van der Waals surface area contributed by atoms with E-state index in [-0.39, 0.29) is 0 Å². The molecule has 0 radical (unpaired) electrons. The lowest BCUT2D eigenvalue weighted by Crippen LogP contribution is -2.06. The molecule has 0 aliphatic carbocycles. The molecule has 0 saturated heterocycles. The Labute approximate surface area is 202 Å². The van der Waals surface area contributed by atoms with Gasteiger partial charge in [-0.15, -0.1) is 0 Å². The zero-order valence-electron chi connectivity index (χ0n) is 19.8. The second-order valence-corrected chi connectivity index (χ2v) is 8.15. The number of pyridine rings is 1. The summed E-state index contributed by atoms with van der Waals surface area (Å²) in [4.78, 5) is 9.17. The molecular weight excluding hydrogens is 444 g/mol. The smallest absolute Gasteiger partial charge is 0.202 e. The molecule has 0 spiro atoms. The fraction of sp³-hybridized carbons (Fsp3) is 0.192. The third-order valence-electron chi connectivity index (χ3n) is 5.88. The molecule has 0 bridgehead atoms. The van der Waals surface area contributed by atoms with Gasteiger partial charge in [0.2, 0.25) is 5.95 Å². The van der Waals surface area contributed by atoms with Gasteiger partial charge in [0.1, 0.15) is 17.9 Å². The molecular formula is C26H26N6O3. The Morgan fingerprint density at radius 2 is 1.74 bits per heavy atom. The molecule has 2 aromatic carbocycles. The number of benzene rings is 2. The van der Waals surface area contributed by atoms with Crippen molar-refractivity contribution < 1.29 is 14.2 Å². The number of H-pyrrole nitrogens is 1. The van der Waals surface area contributed by atoms with Gasteiger partial charge >= 0.3 is 0 Å². The number of methoxy groups -OCH3 is 2. The highest BCUT2D eigenvalue weighted by Gasteiger charge is 2.14. The minimum Gasteiger partial charge on any atom is -0.497 e. The second-order valence-electron chi connectivity index (χ2n) is 8.15. The number of anilines is 1. The van der Waals surface area contributed by atoms with Crippen LogP contribution in [0.3, 0.4) is 0 Å². The number of fused-ring (bicyclic) bond motifs is 1. The highest BCUT2D eigenvalue weighted by molar-refractivity contribution is 5.80. The van der Waals surface area contributed by atoms with Crippen molar-refractivity contribution >= 4 is 17.1 Å². The lowest BCUT2D eigenvalue weighted by molar-refractivity contribution is 0.284. The van der Waals surface area contributed by atoms with Crippen molar-refractivity contribution in [1.82, 2.24) is 24.7 Å². The van der Waals surface area contributed by atoms with Crippen molar-refractivity contribution in [2.24, 2.45) is 0 Å². The van der Waals surface area contributed by atoms with Gasteiger partial charge in [-0.25, -0.2) is 9.97 Å². The van der Waals surface area contributed by atoms with Crippen LogP contribution in [-0.4, -0.2) is 39.0 Å². The second kappa shape index (κ2) is 9.38. The van der Waals surface area contributed by atoms with Crippen LogP contribution in [0.5, 0.6) is 17.2 Å². The van der Waals surface area contributed by atoms with E-state index in [1.165, 1.54) is 0 Å². The maximum atomic E-state index is 6.26. The maximum absolute atomic E-state index is 6.26. The van der Waals surface area contributed by atoms with Crippen LogP contribution in [0.4, 0.5) is 5.95 Å². The first kappa shape index (κ1) is 22.3. The highest BCUT2D eigenvalue weighted by atomic mass is 16.5. The minimum atomic E-state index is 0.396. The number of aromatic amines is 1. The summed E-state index contributed by atoms with van der Waals surface area (Å²) in [5.74, 6) is 2.51. The summed E-state index contributed by atoms with van der Waals surface area (Å²) in [5, 5.41) is 7.03. The van der Waals surface area contributed by atoms with Crippen molar-refractivity contribution in [2.75, 3.05) is 20.0 Å². The van der Waals surface area contributed by atoms with Crippen molar-refractivity contribution in [3.05, 3.63) is 77.7 Å². The fourth-order valence-electron chi connectivity index (χ4n) is 3.97. The van der Waals surface area contributed by atoms with E-state index in [1.807, 2.05) is 66.2 Å². The number of hydrogen-bond donors (Lipinski definition) is 2. The molecule has 0 unspecified atom stereocenters. The number of nitrogens with zero attached hydrogens (tertiary/aromatic N) is 4. The van der Waals surface area contributed by atoms with Gasteiger partial charge < -0.3 is 19.9 Å². The van der Waals surface area contributed by atoms with Gasteiger partial charge in [0.15, 0.2) is 17.1 Å². The number of rotatable bonds is 8. The molecule has 9 heteroatoms. The summed E-state index contributed by atoms with van der Waals surface area (Å²) in [6, 6.07) is 15.6. The predicted octanol–water partition coefficient (Wildman–Crippen LogP) is 4.36. The Bertz CT molecular complexity index is 1470. The number of nitrogens with one attached hydrogen (secondary N) is 1. The van der Waals surface area contributed by atoms with Crippen LogP contribution in [0.2, 0.25) is 0 Å². The van der Waals surface area contributed by atoms with Crippen LogP contribution in [0, 0.1) is 6.92 Å². The number of nitrogen functional groups attached to an aromatic ring is 1. The average Bonchev–Trinajstić information content (AvgIpc) is 3.45. The van der Waals surface area contributed by atoms with Crippen LogP contribution in [0.1, 0.15) is 16.8 Å². The zero-order valence-corrected chi connectivity index (χ0v) is 19.8. The Hall–Kier alpha value is -4.53. The Morgan fingerprint density at radius 1 is 0.943 bits per heavy atom. The van der Waals surface area contributed by atoms with Crippen LogP contribution in [0.15, 0.2) is 60.9 Å². The predicted molar refractivity (Wildman–Crippen MR) is 134 cm³/mol. The van der Waals surface area contributed by atoms with E-state index in [0.29, 0.717) is 36.2 Å². The summed E-state index contributed by atoms with van der Waals surface area (Å²) in [6.45, 7) is 2.88. The Morgan fingerprint density at radius 3 is 2.46 bits per heavy atom. The van der Waals surface area contributed by atoms with E-state index in [9.17, 15) is 0 Å². The summed E-state index contributed by atoms with van der Waals surface area (Å²) >= 11 is 0. The van der Waals surface area contributed by atoms with Crippen LogP contribution >= 0.6 is 0 Å². The molecule has 5 aromatic rings. The maximum Gasteiger partial charge on any atom is 0.202 e. The SMILES string of the molecule is COc1ccc(COc2ccc(Cn3c(N)nc4cc(-c5cn[nH]c5C)cnc43)cc2OC)cc1. The normalized spacial score (nSPS) is 11.1. The molecule has 9 nitrogen and oxygen atoms in total. The molecule has 0 fully saturated rings. The summed E-state index contributed by atoms with van der Waals surface area (Å²) < 4.78 is 18.7. The Kier molecular flexibility index (Phi) is 5.97. The van der Waals surface area contributed by atoms with Gasteiger partial charge in [-0.05, 0) is 48.4 Å². The van der Waals surface area contributed by atoms with E-state index < -0.39 is 0 Å². The van der Waals surface area contributed by atoms with Gasteiger partial charge in [0.25, 0.3) is 0 Å². The van der Waals surface area contributed by atoms with E-state index in [0.717, 1.165) is 39.2 Å². The fourth-order valence-corrected chi connectivity index (χ4v) is 3.97. The van der Waals surface area contributed by atoms with Crippen molar-refractivity contribution in [1.29, 1.82) is 0 Å². The average molecular weight is 471 g/mol. The largest absolute Gasteiger partial charge is 0.497 e. The van der Waals surface area contributed by atoms with Crippen molar-refractivity contribution in [2.45, 2.75) is 20.1 Å². The molecule has 0 aliphatic heterocycles. The topological polar surface area (TPSA) is 113 Å². The summed E-state index contributed by atoms with van der Waals surface area (Å²) in [6.07, 6.45) is 3.59. The highest BCUT2D eigenvalue weighted by Crippen LogP contribution is 2.31. The van der Waals surface area contributed by atoms with Crippen LogP contribution in [0.25, 0.3) is 22.3 Å². The first-order valence-corrected chi connectivity index (χ1v) is 11.1. The molecule has 35 heavy (non-hydrogen) atoms. The molecule has 3 N–H and O–H groups in total. The van der Waals surface area contributed by atoms with Gasteiger partial charge in [0, 0.05) is 23.0 Å². The number of nitrogens with two attached hydrogens (primary N) is 1. The molecule has 3 aromatic heterocycles. The molecule has 0 atom stereocenters. The van der Waals surface area contributed by atoms with E-state index in [1.54, 1.807) is 20.4 Å². The first-order chi connectivity index (χ1) is 17.1. The number of ether oxygens (including phenoxy) is 3. The van der Waals surface area contributed by atoms with Gasteiger partial charge in [-0.2, -0.15) is 5.10 Å². The minimum absolute atomic E-state index is 0.396. The number of aryl methyl sites for hydroxylation is 1. The zero-order chi connectivity index (χ0) is 24.4. The summed E-state index contributed by atoms with van der Waals surface area (Å²) in [5.41, 5.74) is 12.6. The van der Waals surface area contributed by atoms with Gasteiger partial charge in [-0.1, -0.05) is 18.2 Å². The monoisotopic (exact) mass is 470 g/mol. The third-order valence-corrected chi connectivity index (χ3v) is 5.88. The summed E-state index contributed by atoms with van der Waals surface area (Å²) in [7, 11) is 3.27. The number of imidazole rings is 1.